The Kier molecular flexibility index (Phi) is 4.78. The average Bonchev–Trinajstić information content (AvgIpc) is 2.66. The van der Waals surface area contributed by atoms with Crippen LogP contribution in [-0.2, 0) is 14.4 Å². The standard InChI is InChI=1S/C16H27N3O3/c1-12(20)17-6-5-7-18(9-8-17)15(22)13-10-14(21)19(11-13)16(2,3)4/h13H,5-11H2,1-4H3. The highest BCUT2D eigenvalue weighted by Gasteiger charge is 2.40. The third-order valence-corrected chi connectivity index (χ3v) is 4.54. The van der Waals surface area contributed by atoms with E-state index in [1.165, 1.54) is 0 Å². The summed E-state index contributed by atoms with van der Waals surface area (Å²) >= 11 is 0. The van der Waals surface area contributed by atoms with E-state index in [4.69, 9.17) is 0 Å². The van der Waals surface area contributed by atoms with Gasteiger partial charge in [0.25, 0.3) is 0 Å². The molecule has 2 rings (SSSR count). The highest BCUT2D eigenvalue weighted by Crippen LogP contribution is 2.27. The first-order valence-corrected chi connectivity index (χ1v) is 8.05. The van der Waals surface area contributed by atoms with Gasteiger partial charge < -0.3 is 14.7 Å². The zero-order chi connectivity index (χ0) is 16.5. The number of rotatable bonds is 1. The second-order valence-electron chi connectivity index (χ2n) is 7.26. The van der Waals surface area contributed by atoms with Crippen molar-refractivity contribution in [1.29, 1.82) is 0 Å². The highest BCUT2D eigenvalue weighted by molar-refractivity contribution is 5.89. The molecule has 0 aliphatic carbocycles. The highest BCUT2D eigenvalue weighted by atomic mass is 16.2. The van der Waals surface area contributed by atoms with Crippen LogP contribution < -0.4 is 0 Å². The fraction of sp³-hybridized carbons (Fsp3) is 0.812. The minimum absolute atomic E-state index is 0.0595. The molecule has 2 saturated heterocycles. The lowest BCUT2D eigenvalue weighted by molar-refractivity contribution is -0.136. The van der Waals surface area contributed by atoms with Crippen molar-refractivity contribution >= 4 is 17.7 Å². The molecule has 2 heterocycles. The number of carbonyl (C=O) groups is 3. The fourth-order valence-electron chi connectivity index (χ4n) is 3.23. The second kappa shape index (κ2) is 6.26. The Hall–Kier alpha value is -1.59. The van der Waals surface area contributed by atoms with Gasteiger partial charge in [0, 0.05) is 51.6 Å². The monoisotopic (exact) mass is 309 g/mol. The van der Waals surface area contributed by atoms with Gasteiger partial charge in [-0.25, -0.2) is 0 Å². The summed E-state index contributed by atoms with van der Waals surface area (Å²) in [6.07, 6.45) is 1.11. The second-order valence-corrected chi connectivity index (χ2v) is 7.26. The molecule has 6 heteroatoms. The molecule has 0 saturated carbocycles. The van der Waals surface area contributed by atoms with Gasteiger partial charge in [-0.05, 0) is 27.2 Å². The molecule has 0 spiro atoms. The molecule has 22 heavy (non-hydrogen) atoms. The molecule has 1 atom stereocenters. The van der Waals surface area contributed by atoms with E-state index >= 15 is 0 Å². The first-order chi connectivity index (χ1) is 10.2. The minimum atomic E-state index is -0.240. The lowest BCUT2D eigenvalue weighted by atomic mass is 10.1. The van der Waals surface area contributed by atoms with Crippen molar-refractivity contribution in [2.75, 3.05) is 32.7 Å². The summed E-state index contributed by atoms with van der Waals surface area (Å²) in [4.78, 5) is 41.7. The maximum Gasteiger partial charge on any atom is 0.228 e. The maximum absolute atomic E-state index is 12.7. The zero-order valence-electron chi connectivity index (χ0n) is 14.1. The third-order valence-electron chi connectivity index (χ3n) is 4.54. The van der Waals surface area contributed by atoms with Gasteiger partial charge in [-0.1, -0.05) is 0 Å². The van der Waals surface area contributed by atoms with E-state index in [-0.39, 0.29) is 29.2 Å². The smallest absolute Gasteiger partial charge is 0.228 e. The number of likely N-dealkylation sites (tertiary alicyclic amines) is 1. The van der Waals surface area contributed by atoms with Gasteiger partial charge in [-0.15, -0.1) is 0 Å². The predicted octanol–water partition coefficient (Wildman–Crippen LogP) is 0.714. The van der Waals surface area contributed by atoms with E-state index in [0.29, 0.717) is 39.1 Å². The molecule has 2 fully saturated rings. The molecule has 0 radical (unpaired) electrons. The first kappa shape index (κ1) is 16.8. The molecular formula is C16H27N3O3. The first-order valence-electron chi connectivity index (χ1n) is 8.05. The van der Waals surface area contributed by atoms with E-state index in [9.17, 15) is 14.4 Å². The molecule has 0 aromatic carbocycles. The molecule has 0 aromatic rings. The van der Waals surface area contributed by atoms with Gasteiger partial charge in [0.1, 0.15) is 0 Å². The lowest BCUT2D eigenvalue weighted by Crippen LogP contribution is -2.44. The number of hydrogen-bond donors (Lipinski definition) is 0. The van der Waals surface area contributed by atoms with Gasteiger partial charge >= 0.3 is 0 Å². The van der Waals surface area contributed by atoms with Gasteiger partial charge in [0.15, 0.2) is 0 Å². The summed E-state index contributed by atoms with van der Waals surface area (Å²) in [6, 6.07) is 0. The van der Waals surface area contributed by atoms with Crippen LogP contribution in [0.5, 0.6) is 0 Å². The molecule has 1 unspecified atom stereocenters. The van der Waals surface area contributed by atoms with Gasteiger partial charge in [-0.2, -0.15) is 0 Å². The molecule has 124 valence electrons. The average molecular weight is 309 g/mol. The van der Waals surface area contributed by atoms with Crippen LogP contribution in [0.15, 0.2) is 0 Å². The summed E-state index contributed by atoms with van der Waals surface area (Å²) in [5, 5.41) is 0. The molecule has 6 nitrogen and oxygen atoms in total. The number of carbonyl (C=O) groups excluding carboxylic acids is 3. The van der Waals surface area contributed by atoms with Gasteiger partial charge in [0.2, 0.25) is 17.7 Å². The van der Waals surface area contributed by atoms with Crippen LogP contribution in [0.3, 0.4) is 0 Å². The van der Waals surface area contributed by atoms with Crippen LogP contribution in [0, 0.1) is 5.92 Å². The zero-order valence-corrected chi connectivity index (χ0v) is 14.1. The van der Waals surface area contributed by atoms with Crippen LogP contribution in [0.1, 0.15) is 40.5 Å². The Morgan fingerprint density at radius 1 is 1.05 bits per heavy atom. The van der Waals surface area contributed by atoms with Gasteiger partial charge in [-0.3, -0.25) is 14.4 Å². The van der Waals surface area contributed by atoms with E-state index in [1.54, 1.807) is 16.7 Å². The Morgan fingerprint density at radius 3 is 2.18 bits per heavy atom. The van der Waals surface area contributed by atoms with Crippen LogP contribution >= 0.6 is 0 Å². The molecule has 0 N–H and O–H groups in total. The molecule has 2 aliphatic rings. The van der Waals surface area contributed by atoms with Crippen LogP contribution in [0.4, 0.5) is 0 Å². The van der Waals surface area contributed by atoms with Crippen LogP contribution in [0.2, 0.25) is 0 Å². The normalized spacial score (nSPS) is 23.7. The van der Waals surface area contributed by atoms with Crippen molar-refractivity contribution in [2.45, 2.75) is 46.1 Å². The van der Waals surface area contributed by atoms with Crippen molar-refractivity contribution in [3.05, 3.63) is 0 Å². The Labute approximate surface area is 132 Å². The summed E-state index contributed by atoms with van der Waals surface area (Å²) < 4.78 is 0. The Morgan fingerprint density at radius 2 is 1.64 bits per heavy atom. The van der Waals surface area contributed by atoms with Crippen molar-refractivity contribution in [1.82, 2.24) is 14.7 Å². The Balaban J connectivity index is 1.98. The topological polar surface area (TPSA) is 60.9 Å². The van der Waals surface area contributed by atoms with Crippen molar-refractivity contribution in [2.24, 2.45) is 5.92 Å². The number of hydrogen-bond acceptors (Lipinski definition) is 3. The molecular weight excluding hydrogens is 282 g/mol. The largest absolute Gasteiger partial charge is 0.341 e. The summed E-state index contributed by atoms with van der Waals surface area (Å²) in [7, 11) is 0. The van der Waals surface area contributed by atoms with Crippen LogP contribution in [0.25, 0.3) is 0 Å². The summed E-state index contributed by atoms with van der Waals surface area (Å²) in [6.45, 7) is 10.6. The third kappa shape index (κ3) is 3.59. The van der Waals surface area contributed by atoms with E-state index in [2.05, 4.69) is 0 Å². The van der Waals surface area contributed by atoms with Crippen molar-refractivity contribution in [3.8, 4) is 0 Å². The van der Waals surface area contributed by atoms with Crippen molar-refractivity contribution < 1.29 is 14.4 Å². The quantitative estimate of drug-likeness (QED) is 0.717. The minimum Gasteiger partial charge on any atom is -0.341 e. The molecule has 0 aromatic heterocycles. The number of amides is 3. The summed E-state index contributed by atoms with van der Waals surface area (Å²) in [5.74, 6) is -0.0589. The molecule has 3 amide bonds. The fourth-order valence-corrected chi connectivity index (χ4v) is 3.23. The van der Waals surface area contributed by atoms with Crippen LogP contribution in [-0.4, -0.2) is 70.7 Å². The predicted molar refractivity (Wildman–Crippen MR) is 83.0 cm³/mol. The molecule has 0 bridgehead atoms. The van der Waals surface area contributed by atoms with Crippen molar-refractivity contribution in [3.63, 3.8) is 0 Å². The molecule has 2 aliphatic heterocycles. The lowest BCUT2D eigenvalue weighted by Gasteiger charge is -2.32. The SMILES string of the molecule is CC(=O)N1CCCN(C(=O)C2CC(=O)N(C(C)(C)C)C2)CC1. The Bertz CT molecular complexity index is 470. The maximum atomic E-state index is 12.7. The number of nitrogens with zero attached hydrogens (tertiary/aromatic N) is 3. The van der Waals surface area contributed by atoms with E-state index in [1.807, 2.05) is 25.7 Å². The van der Waals surface area contributed by atoms with Gasteiger partial charge in [0.05, 0.1) is 5.92 Å². The summed E-state index contributed by atoms with van der Waals surface area (Å²) in [5.41, 5.74) is -0.240. The van der Waals surface area contributed by atoms with E-state index < -0.39 is 0 Å². The van der Waals surface area contributed by atoms with E-state index in [0.717, 1.165) is 6.42 Å².